The van der Waals surface area contributed by atoms with Crippen LogP contribution in [0.15, 0.2) is 48.5 Å². The normalized spacial score (nSPS) is 10.4. The molecule has 0 fully saturated rings. The number of hydrogen-bond acceptors (Lipinski definition) is 1. The summed E-state index contributed by atoms with van der Waals surface area (Å²) >= 11 is 0. The van der Waals surface area contributed by atoms with Gasteiger partial charge in [0.1, 0.15) is 5.82 Å². The summed E-state index contributed by atoms with van der Waals surface area (Å²) in [6, 6.07) is 14.7. The third-order valence-electron chi connectivity index (χ3n) is 2.55. The van der Waals surface area contributed by atoms with Crippen LogP contribution in [0.4, 0.5) is 4.39 Å². The van der Waals surface area contributed by atoms with Crippen LogP contribution in [0.5, 0.6) is 0 Å². The van der Waals surface area contributed by atoms with Crippen molar-refractivity contribution in [2.45, 2.75) is 6.54 Å². The van der Waals surface area contributed by atoms with Crippen molar-refractivity contribution in [2.24, 2.45) is 0 Å². The molecule has 1 N–H and O–H groups in total. The van der Waals surface area contributed by atoms with Gasteiger partial charge in [0.05, 0.1) is 0 Å². The van der Waals surface area contributed by atoms with Crippen LogP contribution in [0.25, 0.3) is 11.1 Å². The quantitative estimate of drug-likeness (QED) is 0.829. The predicted octanol–water partition coefficient (Wildman–Crippen LogP) is 3.21. The summed E-state index contributed by atoms with van der Waals surface area (Å²) in [6.07, 6.45) is 0. The molecular formula is C14H14FN. The van der Waals surface area contributed by atoms with Crippen LogP contribution in [0.2, 0.25) is 0 Å². The third kappa shape index (κ3) is 2.12. The Hall–Kier alpha value is -1.67. The maximum Gasteiger partial charge on any atom is 0.131 e. The average molecular weight is 215 g/mol. The van der Waals surface area contributed by atoms with E-state index in [0.717, 1.165) is 17.7 Å². The lowest BCUT2D eigenvalue weighted by Gasteiger charge is -2.09. The molecule has 0 aliphatic heterocycles. The van der Waals surface area contributed by atoms with Gasteiger partial charge in [0, 0.05) is 12.1 Å². The van der Waals surface area contributed by atoms with E-state index >= 15 is 0 Å². The molecule has 0 aliphatic carbocycles. The van der Waals surface area contributed by atoms with E-state index in [9.17, 15) is 4.39 Å². The first-order valence-electron chi connectivity index (χ1n) is 5.30. The molecule has 2 rings (SSSR count). The second-order valence-electron chi connectivity index (χ2n) is 3.67. The Morgan fingerprint density at radius 2 is 1.56 bits per heavy atom. The molecule has 2 aromatic carbocycles. The van der Waals surface area contributed by atoms with E-state index < -0.39 is 0 Å². The van der Waals surface area contributed by atoms with Gasteiger partial charge in [-0.25, -0.2) is 4.39 Å². The molecule has 2 heteroatoms. The lowest BCUT2D eigenvalue weighted by Crippen LogP contribution is -2.06. The van der Waals surface area contributed by atoms with Crippen molar-refractivity contribution < 1.29 is 4.39 Å². The summed E-state index contributed by atoms with van der Waals surface area (Å²) in [5, 5.41) is 3.09. The summed E-state index contributed by atoms with van der Waals surface area (Å²) in [7, 11) is 1.89. The number of nitrogens with one attached hydrogen (secondary N) is 1. The van der Waals surface area contributed by atoms with Crippen molar-refractivity contribution in [3.63, 3.8) is 0 Å². The van der Waals surface area contributed by atoms with Crippen LogP contribution in [0, 0.1) is 5.82 Å². The first-order valence-corrected chi connectivity index (χ1v) is 5.30. The second kappa shape index (κ2) is 4.90. The molecule has 0 amide bonds. The highest BCUT2D eigenvalue weighted by Crippen LogP contribution is 2.25. The summed E-state index contributed by atoms with van der Waals surface area (Å²) < 4.78 is 13.7. The number of halogens is 1. The summed E-state index contributed by atoms with van der Waals surface area (Å²) in [6.45, 7) is 0.741. The molecule has 0 heterocycles. The van der Waals surface area contributed by atoms with Crippen LogP contribution in [0.1, 0.15) is 5.56 Å². The SMILES string of the molecule is CNCc1ccccc1-c1ccccc1F. The van der Waals surface area contributed by atoms with E-state index in [1.165, 1.54) is 6.07 Å². The molecule has 0 saturated carbocycles. The van der Waals surface area contributed by atoms with E-state index in [1.807, 2.05) is 43.4 Å². The topological polar surface area (TPSA) is 12.0 Å². The van der Waals surface area contributed by atoms with Crippen molar-refractivity contribution >= 4 is 0 Å². The minimum Gasteiger partial charge on any atom is -0.316 e. The van der Waals surface area contributed by atoms with Crippen molar-refractivity contribution in [1.82, 2.24) is 5.32 Å². The molecule has 0 spiro atoms. The Morgan fingerprint density at radius 1 is 0.938 bits per heavy atom. The third-order valence-corrected chi connectivity index (χ3v) is 2.55. The van der Waals surface area contributed by atoms with Gasteiger partial charge in [0.25, 0.3) is 0 Å². The minimum absolute atomic E-state index is 0.175. The van der Waals surface area contributed by atoms with Gasteiger partial charge in [-0.2, -0.15) is 0 Å². The van der Waals surface area contributed by atoms with Gasteiger partial charge in [-0.05, 0) is 24.2 Å². The molecule has 0 radical (unpaired) electrons. The van der Waals surface area contributed by atoms with Gasteiger partial charge in [0.2, 0.25) is 0 Å². The summed E-state index contributed by atoms with van der Waals surface area (Å²) in [4.78, 5) is 0. The Kier molecular flexibility index (Phi) is 3.32. The predicted molar refractivity (Wildman–Crippen MR) is 64.6 cm³/mol. The number of hydrogen-bond donors (Lipinski definition) is 1. The van der Waals surface area contributed by atoms with Gasteiger partial charge >= 0.3 is 0 Å². The Labute approximate surface area is 94.9 Å². The molecule has 0 unspecified atom stereocenters. The van der Waals surface area contributed by atoms with Gasteiger partial charge in [0.15, 0.2) is 0 Å². The fourth-order valence-electron chi connectivity index (χ4n) is 1.81. The molecule has 0 aliphatic rings. The molecule has 16 heavy (non-hydrogen) atoms. The lowest BCUT2D eigenvalue weighted by molar-refractivity contribution is 0.631. The fraction of sp³-hybridized carbons (Fsp3) is 0.143. The molecule has 1 nitrogen and oxygen atoms in total. The van der Waals surface area contributed by atoms with Crippen LogP contribution in [-0.2, 0) is 6.54 Å². The largest absolute Gasteiger partial charge is 0.316 e. The van der Waals surface area contributed by atoms with Crippen molar-refractivity contribution in [2.75, 3.05) is 7.05 Å². The summed E-state index contributed by atoms with van der Waals surface area (Å²) in [5.74, 6) is -0.175. The molecule has 0 bridgehead atoms. The van der Waals surface area contributed by atoms with Crippen LogP contribution < -0.4 is 5.32 Å². The number of benzene rings is 2. The van der Waals surface area contributed by atoms with Gasteiger partial charge < -0.3 is 5.32 Å². The van der Waals surface area contributed by atoms with Crippen LogP contribution >= 0.6 is 0 Å². The standard InChI is InChI=1S/C14H14FN/c1-16-10-11-6-2-3-7-12(11)13-8-4-5-9-14(13)15/h2-9,16H,10H2,1H3. The summed E-state index contributed by atoms with van der Waals surface area (Å²) in [5.41, 5.74) is 2.72. The van der Waals surface area contributed by atoms with Gasteiger partial charge in [-0.1, -0.05) is 42.5 Å². The highest BCUT2D eigenvalue weighted by atomic mass is 19.1. The van der Waals surface area contributed by atoms with Gasteiger partial charge in [-0.3, -0.25) is 0 Å². The monoisotopic (exact) mass is 215 g/mol. The number of rotatable bonds is 3. The van der Waals surface area contributed by atoms with Crippen molar-refractivity contribution in [3.8, 4) is 11.1 Å². The molecule has 2 aromatic rings. The van der Waals surface area contributed by atoms with Gasteiger partial charge in [-0.15, -0.1) is 0 Å². The first-order chi connectivity index (χ1) is 7.83. The zero-order valence-corrected chi connectivity index (χ0v) is 9.20. The molecule has 82 valence electrons. The van der Waals surface area contributed by atoms with E-state index in [4.69, 9.17) is 0 Å². The van der Waals surface area contributed by atoms with Crippen molar-refractivity contribution in [3.05, 3.63) is 59.9 Å². The molecular weight excluding hydrogens is 201 g/mol. The maximum atomic E-state index is 13.7. The fourth-order valence-corrected chi connectivity index (χ4v) is 1.81. The van der Waals surface area contributed by atoms with E-state index in [1.54, 1.807) is 6.07 Å². The minimum atomic E-state index is -0.175. The van der Waals surface area contributed by atoms with Crippen LogP contribution in [0.3, 0.4) is 0 Å². The lowest BCUT2D eigenvalue weighted by atomic mass is 9.99. The molecule has 0 atom stereocenters. The zero-order valence-electron chi connectivity index (χ0n) is 9.20. The van der Waals surface area contributed by atoms with Crippen LogP contribution in [-0.4, -0.2) is 7.05 Å². The molecule has 0 saturated heterocycles. The zero-order chi connectivity index (χ0) is 11.4. The molecule has 0 aromatic heterocycles. The highest BCUT2D eigenvalue weighted by Gasteiger charge is 2.07. The average Bonchev–Trinajstić information content (AvgIpc) is 2.31. The highest BCUT2D eigenvalue weighted by molar-refractivity contribution is 5.67. The second-order valence-corrected chi connectivity index (χ2v) is 3.67. The smallest absolute Gasteiger partial charge is 0.131 e. The van der Waals surface area contributed by atoms with E-state index in [2.05, 4.69) is 5.32 Å². The first kappa shape index (κ1) is 10.8. The van der Waals surface area contributed by atoms with E-state index in [0.29, 0.717) is 5.56 Å². The van der Waals surface area contributed by atoms with E-state index in [-0.39, 0.29) is 5.82 Å². The Bertz CT molecular complexity index is 480. The Morgan fingerprint density at radius 3 is 2.25 bits per heavy atom. The van der Waals surface area contributed by atoms with Crippen molar-refractivity contribution in [1.29, 1.82) is 0 Å². The Balaban J connectivity index is 2.51. The maximum absolute atomic E-state index is 13.7.